The van der Waals surface area contributed by atoms with E-state index >= 15 is 0 Å². The Morgan fingerprint density at radius 3 is 1.77 bits per heavy atom. The third kappa shape index (κ3) is 5.40. The average Bonchev–Trinajstić information content (AvgIpc) is 3.82. The van der Waals surface area contributed by atoms with Crippen LogP contribution in [0.3, 0.4) is 0 Å². The van der Waals surface area contributed by atoms with Gasteiger partial charge in [-0.25, -0.2) is 9.98 Å². The SMILES string of the molecule is c1ccc(C2=NC(c3ccc4c(c3)oc3cc(-c5ccccc5-n5c6ccccc6c6ccccc65)ccc34)=NC(c3cccc(-c4ccccc4)c3)N2)cc1. The first-order chi connectivity index (χ1) is 27.7. The normalized spacial score (nSPS) is 14.2. The van der Waals surface area contributed by atoms with Gasteiger partial charge in [-0.1, -0.05) is 146 Å². The lowest BCUT2D eigenvalue weighted by Crippen LogP contribution is -2.33. The van der Waals surface area contributed by atoms with Crippen LogP contribution in [-0.2, 0) is 0 Å². The quantitative estimate of drug-likeness (QED) is 0.186. The topological polar surface area (TPSA) is 54.8 Å². The monoisotopic (exact) mass is 718 g/mol. The molecule has 0 fully saturated rings. The Morgan fingerprint density at radius 2 is 1.04 bits per heavy atom. The molecule has 0 radical (unpaired) electrons. The van der Waals surface area contributed by atoms with Crippen LogP contribution >= 0.6 is 0 Å². The second kappa shape index (κ2) is 13.1. The van der Waals surface area contributed by atoms with E-state index in [1.165, 1.54) is 27.4 Å². The Morgan fingerprint density at radius 1 is 0.446 bits per heavy atom. The van der Waals surface area contributed by atoms with Crippen molar-refractivity contribution in [3.8, 4) is 27.9 Å². The lowest BCUT2D eigenvalue weighted by Gasteiger charge is -2.24. The molecule has 1 atom stereocenters. The molecule has 5 nitrogen and oxygen atoms in total. The van der Waals surface area contributed by atoms with E-state index in [9.17, 15) is 0 Å². The molecule has 3 heterocycles. The highest BCUT2D eigenvalue weighted by Gasteiger charge is 2.23. The van der Waals surface area contributed by atoms with Crippen molar-refractivity contribution in [3.63, 3.8) is 0 Å². The number of amidine groups is 2. The highest BCUT2D eigenvalue weighted by Crippen LogP contribution is 2.38. The van der Waals surface area contributed by atoms with Crippen molar-refractivity contribution in [2.24, 2.45) is 9.98 Å². The Kier molecular flexibility index (Phi) is 7.49. The molecule has 0 spiro atoms. The van der Waals surface area contributed by atoms with Crippen LogP contribution in [0.1, 0.15) is 22.9 Å². The van der Waals surface area contributed by atoms with E-state index in [2.05, 4.69) is 180 Å². The first kappa shape index (κ1) is 32.0. The van der Waals surface area contributed by atoms with Crippen LogP contribution in [0.5, 0.6) is 0 Å². The molecule has 264 valence electrons. The second-order valence-electron chi connectivity index (χ2n) is 14.2. The number of hydrogen-bond donors (Lipinski definition) is 1. The predicted molar refractivity (Wildman–Crippen MR) is 231 cm³/mol. The van der Waals surface area contributed by atoms with Gasteiger partial charge in [0.2, 0.25) is 0 Å². The molecule has 0 saturated heterocycles. The Bertz CT molecular complexity index is 3120. The summed E-state index contributed by atoms with van der Waals surface area (Å²) in [6, 6.07) is 68.0. The lowest BCUT2D eigenvalue weighted by atomic mass is 10.0. The number of para-hydroxylation sites is 3. The van der Waals surface area contributed by atoms with Crippen LogP contribution in [0, 0.1) is 0 Å². The van der Waals surface area contributed by atoms with Gasteiger partial charge in [0.1, 0.15) is 23.2 Å². The minimum absolute atomic E-state index is 0.329. The molecule has 0 amide bonds. The van der Waals surface area contributed by atoms with Gasteiger partial charge in [-0.3, -0.25) is 0 Å². The standard InChI is InChI=1S/C51H34N4O/c1-3-14-33(15-4-1)35-18-13-19-37(30-35)50-52-49(34-16-5-2-6-17-34)53-51(54-50)38-27-29-43-42-28-26-36(31-47(42)56-48(43)32-38)39-20-7-10-23-44(39)55-45-24-11-8-21-40(45)41-22-9-12-25-46(41)55/h1-32,50H,(H,52,53,54). The second-order valence-corrected chi connectivity index (χ2v) is 14.2. The molecule has 1 unspecified atom stereocenters. The number of hydrogen-bond acceptors (Lipinski definition) is 4. The fourth-order valence-corrected chi connectivity index (χ4v) is 8.19. The van der Waals surface area contributed by atoms with Crippen molar-refractivity contribution in [3.05, 3.63) is 211 Å². The van der Waals surface area contributed by atoms with Crippen LogP contribution in [0.2, 0.25) is 0 Å². The van der Waals surface area contributed by atoms with Crippen LogP contribution in [0.4, 0.5) is 0 Å². The van der Waals surface area contributed by atoms with Crippen molar-refractivity contribution >= 4 is 55.4 Å². The number of rotatable bonds is 6. The number of fused-ring (bicyclic) bond motifs is 6. The molecule has 5 heteroatoms. The van der Waals surface area contributed by atoms with E-state index in [1.54, 1.807) is 0 Å². The van der Waals surface area contributed by atoms with E-state index in [4.69, 9.17) is 14.4 Å². The summed E-state index contributed by atoms with van der Waals surface area (Å²) >= 11 is 0. The number of aromatic nitrogens is 1. The van der Waals surface area contributed by atoms with Gasteiger partial charge in [-0.05, 0) is 70.8 Å². The Labute approximate surface area is 323 Å². The fraction of sp³-hybridized carbons (Fsp3) is 0.0196. The maximum Gasteiger partial charge on any atom is 0.159 e. The number of furan rings is 1. The third-order valence-corrected chi connectivity index (χ3v) is 10.9. The zero-order chi connectivity index (χ0) is 37.0. The third-order valence-electron chi connectivity index (χ3n) is 10.9. The van der Waals surface area contributed by atoms with E-state index < -0.39 is 0 Å². The predicted octanol–water partition coefficient (Wildman–Crippen LogP) is 12.5. The summed E-state index contributed by atoms with van der Waals surface area (Å²) in [6.45, 7) is 0. The van der Waals surface area contributed by atoms with Gasteiger partial charge >= 0.3 is 0 Å². The Balaban J connectivity index is 1.00. The maximum absolute atomic E-state index is 6.68. The number of benzene rings is 8. The van der Waals surface area contributed by atoms with E-state index in [1.807, 2.05) is 24.3 Å². The summed E-state index contributed by atoms with van der Waals surface area (Å²) < 4.78 is 9.06. The zero-order valence-electron chi connectivity index (χ0n) is 30.3. The first-order valence-electron chi connectivity index (χ1n) is 18.9. The van der Waals surface area contributed by atoms with Crippen molar-refractivity contribution < 1.29 is 4.42 Å². The molecular formula is C51H34N4O. The van der Waals surface area contributed by atoms with Crippen LogP contribution < -0.4 is 5.32 Å². The van der Waals surface area contributed by atoms with Gasteiger partial charge in [0.25, 0.3) is 0 Å². The summed E-state index contributed by atoms with van der Waals surface area (Å²) in [4.78, 5) is 10.3. The number of nitrogens with one attached hydrogen (secondary N) is 1. The first-order valence-corrected chi connectivity index (χ1v) is 18.9. The van der Waals surface area contributed by atoms with Gasteiger partial charge in [-0.15, -0.1) is 0 Å². The molecule has 0 bridgehead atoms. The molecule has 11 rings (SSSR count). The van der Waals surface area contributed by atoms with Crippen molar-refractivity contribution in [1.29, 1.82) is 0 Å². The molecule has 1 aliphatic heterocycles. The summed E-state index contributed by atoms with van der Waals surface area (Å²) in [5.41, 5.74) is 12.6. The van der Waals surface area contributed by atoms with Gasteiger partial charge in [0.15, 0.2) is 5.84 Å². The lowest BCUT2D eigenvalue weighted by molar-refractivity contribution is 0.667. The largest absolute Gasteiger partial charge is 0.456 e. The molecule has 10 aromatic rings. The van der Waals surface area contributed by atoms with E-state index in [0.29, 0.717) is 5.84 Å². The maximum atomic E-state index is 6.68. The average molecular weight is 719 g/mol. The number of nitrogens with zero attached hydrogens (tertiary/aromatic N) is 3. The smallest absolute Gasteiger partial charge is 0.159 e. The summed E-state index contributed by atoms with van der Waals surface area (Å²) in [6.07, 6.45) is -0.329. The van der Waals surface area contributed by atoms with Gasteiger partial charge in [-0.2, -0.15) is 0 Å². The highest BCUT2D eigenvalue weighted by molar-refractivity contribution is 6.15. The fourth-order valence-electron chi connectivity index (χ4n) is 8.19. The van der Waals surface area contributed by atoms with Crippen molar-refractivity contribution in [2.45, 2.75) is 6.17 Å². The van der Waals surface area contributed by atoms with Crippen LogP contribution in [0.15, 0.2) is 209 Å². The Hall–Kier alpha value is -7.50. The van der Waals surface area contributed by atoms with Gasteiger partial charge < -0.3 is 14.3 Å². The van der Waals surface area contributed by atoms with Gasteiger partial charge in [0.05, 0.1) is 16.7 Å². The molecule has 1 N–H and O–H groups in total. The molecule has 1 aliphatic rings. The highest BCUT2D eigenvalue weighted by atomic mass is 16.3. The van der Waals surface area contributed by atoms with Crippen molar-refractivity contribution in [2.75, 3.05) is 0 Å². The summed E-state index contributed by atoms with van der Waals surface area (Å²) in [5.74, 6) is 1.43. The molecule has 8 aromatic carbocycles. The van der Waals surface area contributed by atoms with Gasteiger partial charge in [0, 0.05) is 38.2 Å². The minimum Gasteiger partial charge on any atom is -0.456 e. The summed E-state index contributed by atoms with van der Waals surface area (Å²) in [5, 5.41) is 8.23. The summed E-state index contributed by atoms with van der Waals surface area (Å²) in [7, 11) is 0. The molecule has 2 aromatic heterocycles. The van der Waals surface area contributed by atoms with Crippen LogP contribution in [0.25, 0.3) is 71.7 Å². The minimum atomic E-state index is -0.329. The zero-order valence-corrected chi connectivity index (χ0v) is 30.3. The molecule has 0 saturated carbocycles. The van der Waals surface area contributed by atoms with E-state index in [0.717, 1.165) is 66.8 Å². The van der Waals surface area contributed by atoms with Crippen LogP contribution in [-0.4, -0.2) is 16.2 Å². The van der Waals surface area contributed by atoms with Crippen molar-refractivity contribution in [1.82, 2.24) is 9.88 Å². The molecule has 0 aliphatic carbocycles. The van der Waals surface area contributed by atoms with E-state index in [-0.39, 0.29) is 6.17 Å². The molecule has 56 heavy (non-hydrogen) atoms. The number of aliphatic imine (C=N–C) groups is 2. The molecular weight excluding hydrogens is 685 g/mol.